The van der Waals surface area contributed by atoms with Crippen molar-refractivity contribution in [3.63, 3.8) is 0 Å². The van der Waals surface area contributed by atoms with Crippen molar-refractivity contribution in [2.75, 3.05) is 19.7 Å². The summed E-state index contributed by atoms with van der Waals surface area (Å²) < 4.78 is 17.6. The van der Waals surface area contributed by atoms with Gasteiger partial charge in [-0.3, -0.25) is 4.90 Å². The number of rotatable bonds is 4. The van der Waals surface area contributed by atoms with Crippen molar-refractivity contribution >= 4 is 0 Å². The van der Waals surface area contributed by atoms with Crippen LogP contribution in [0.2, 0.25) is 0 Å². The Morgan fingerprint density at radius 2 is 2.13 bits per heavy atom. The molecular weight excluding hydrogens is 294 g/mol. The molecule has 0 N–H and O–H groups in total. The fourth-order valence-corrected chi connectivity index (χ4v) is 3.47. The van der Waals surface area contributed by atoms with Crippen LogP contribution in [0, 0.1) is 6.92 Å². The van der Waals surface area contributed by atoms with E-state index in [9.17, 15) is 0 Å². The highest BCUT2D eigenvalue weighted by Gasteiger charge is 2.48. The van der Waals surface area contributed by atoms with E-state index in [0.717, 1.165) is 50.6 Å². The van der Waals surface area contributed by atoms with Crippen molar-refractivity contribution in [1.29, 1.82) is 0 Å². The SMILES string of the molecule is Cc1ccc(CN2CC3(CC(Oc4ncccn4)CCO3)C2)o1. The zero-order chi connectivity index (χ0) is 15.7. The van der Waals surface area contributed by atoms with Gasteiger partial charge < -0.3 is 13.9 Å². The average molecular weight is 315 g/mol. The van der Waals surface area contributed by atoms with Crippen LogP contribution in [0.1, 0.15) is 24.4 Å². The molecule has 0 amide bonds. The molecule has 1 spiro atoms. The fourth-order valence-electron chi connectivity index (χ4n) is 3.47. The Labute approximate surface area is 135 Å². The van der Waals surface area contributed by atoms with E-state index in [2.05, 4.69) is 14.9 Å². The number of hydrogen-bond acceptors (Lipinski definition) is 6. The summed E-state index contributed by atoms with van der Waals surface area (Å²) >= 11 is 0. The lowest BCUT2D eigenvalue weighted by atomic mass is 9.84. The first-order valence-electron chi connectivity index (χ1n) is 8.06. The Kier molecular flexibility index (Phi) is 3.79. The van der Waals surface area contributed by atoms with E-state index in [-0.39, 0.29) is 11.7 Å². The van der Waals surface area contributed by atoms with E-state index in [1.54, 1.807) is 18.5 Å². The van der Waals surface area contributed by atoms with Gasteiger partial charge in [-0.05, 0) is 25.1 Å². The van der Waals surface area contributed by atoms with Gasteiger partial charge in [0.25, 0.3) is 0 Å². The molecular formula is C17H21N3O3. The molecule has 2 aliphatic rings. The van der Waals surface area contributed by atoms with Gasteiger partial charge in [-0.1, -0.05) is 0 Å². The molecule has 2 aliphatic heterocycles. The maximum atomic E-state index is 6.05. The smallest absolute Gasteiger partial charge is 0.316 e. The molecule has 0 aromatic carbocycles. The molecule has 6 nitrogen and oxygen atoms in total. The van der Waals surface area contributed by atoms with Crippen molar-refractivity contribution in [1.82, 2.24) is 14.9 Å². The lowest BCUT2D eigenvalue weighted by Crippen LogP contribution is -2.65. The Balaban J connectivity index is 1.32. The minimum Gasteiger partial charge on any atom is -0.465 e. The molecule has 122 valence electrons. The Morgan fingerprint density at radius 3 is 2.87 bits per heavy atom. The summed E-state index contributed by atoms with van der Waals surface area (Å²) in [6.07, 6.45) is 5.30. The first-order chi connectivity index (χ1) is 11.2. The minimum atomic E-state index is -0.0840. The van der Waals surface area contributed by atoms with Crippen molar-refractivity contribution in [2.45, 2.75) is 38.0 Å². The van der Waals surface area contributed by atoms with E-state index >= 15 is 0 Å². The normalized spacial score (nSPS) is 23.6. The monoisotopic (exact) mass is 315 g/mol. The summed E-state index contributed by atoms with van der Waals surface area (Å²) in [7, 11) is 0. The van der Waals surface area contributed by atoms with Crippen LogP contribution < -0.4 is 4.74 Å². The predicted octanol–water partition coefficient (Wildman–Crippen LogP) is 2.19. The number of furan rings is 1. The van der Waals surface area contributed by atoms with Crippen molar-refractivity contribution < 1.29 is 13.9 Å². The summed E-state index contributed by atoms with van der Waals surface area (Å²) in [5.74, 6) is 1.97. The third kappa shape index (κ3) is 3.23. The van der Waals surface area contributed by atoms with Gasteiger partial charge in [0.05, 0.1) is 18.8 Å². The number of nitrogens with zero attached hydrogens (tertiary/aromatic N) is 3. The second kappa shape index (κ2) is 5.94. The number of ether oxygens (including phenoxy) is 2. The molecule has 0 saturated carbocycles. The molecule has 23 heavy (non-hydrogen) atoms. The highest BCUT2D eigenvalue weighted by molar-refractivity contribution is 5.09. The molecule has 2 aromatic rings. The fraction of sp³-hybridized carbons (Fsp3) is 0.529. The van der Waals surface area contributed by atoms with E-state index in [4.69, 9.17) is 13.9 Å². The van der Waals surface area contributed by atoms with Gasteiger partial charge in [0.1, 0.15) is 17.6 Å². The predicted molar refractivity (Wildman–Crippen MR) is 83.1 cm³/mol. The van der Waals surface area contributed by atoms with Crippen LogP contribution in [-0.4, -0.2) is 46.3 Å². The molecule has 2 saturated heterocycles. The van der Waals surface area contributed by atoms with Gasteiger partial charge >= 0.3 is 6.01 Å². The molecule has 0 bridgehead atoms. The first kappa shape index (κ1) is 14.7. The minimum absolute atomic E-state index is 0.0840. The van der Waals surface area contributed by atoms with Crippen molar-refractivity contribution in [3.05, 3.63) is 42.1 Å². The van der Waals surface area contributed by atoms with Crippen molar-refractivity contribution in [2.24, 2.45) is 0 Å². The molecule has 0 radical (unpaired) electrons. The Hall–Kier alpha value is -1.92. The standard InChI is InChI=1S/C17H21N3O3/c1-13-3-4-15(22-13)10-20-11-17(12-20)9-14(5-8-21-17)23-16-18-6-2-7-19-16/h2-4,6-7,14H,5,8-12H2,1H3. The van der Waals surface area contributed by atoms with Gasteiger partial charge in [-0.15, -0.1) is 0 Å². The molecule has 1 unspecified atom stereocenters. The second-order valence-corrected chi connectivity index (χ2v) is 6.45. The molecule has 4 heterocycles. The van der Waals surface area contributed by atoms with Gasteiger partial charge in [0.15, 0.2) is 0 Å². The van der Waals surface area contributed by atoms with Crippen LogP contribution in [0.5, 0.6) is 6.01 Å². The summed E-state index contributed by atoms with van der Waals surface area (Å²) in [6, 6.07) is 6.29. The van der Waals surface area contributed by atoms with Crippen molar-refractivity contribution in [3.8, 4) is 6.01 Å². The average Bonchev–Trinajstić information content (AvgIpc) is 2.92. The Bertz CT molecular complexity index is 652. The van der Waals surface area contributed by atoms with Gasteiger partial charge in [0.2, 0.25) is 0 Å². The summed E-state index contributed by atoms with van der Waals surface area (Å²) in [5, 5.41) is 0. The molecule has 4 rings (SSSR count). The van der Waals surface area contributed by atoms with E-state index in [1.807, 2.05) is 19.1 Å². The lowest BCUT2D eigenvalue weighted by Gasteiger charge is -2.52. The summed E-state index contributed by atoms with van der Waals surface area (Å²) in [5.41, 5.74) is -0.0840. The molecule has 1 atom stereocenters. The van der Waals surface area contributed by atoms with E-state index in [1.165, 1.54) is 0 Å². The van der Waals surface area contributed by atoms with Gasteiger partial charge in [0, 0.05) is 38.3 Å². The lowest BCUT2D eigenvalue weighted by molar-refractivity contribution is -0.189. The van der Waals surface area contributed by atoms with Gasteiger partial charge in [-0.2, -0.15) is 0 Å². The molecule has 2 fully saturated rings. The second-order valence-electron chi connectivity index (χ2n) is 6.45. The zero-order valence-corrected chi connectivity index (χ0v) is 13.3. The number of likely N-dealkylation sites (tertiary alicyclic amines) is 1. The number of aromatic nitrogens is 2. The van der Waals surface area contributed by atoms with Crippen LogP contribution in [0.25, 0.3) is 0 Å². The third-order valence-corrected chi connectivity index (χ3v) is 4.46. The topological polar surface area (TPSA) is 60.6 Å². The highest BCUT2D eigenvalue weighted by Crippen LogP contribution is 2.36. The highest BCUT2D eigenvalue weighted by atomic mass is 16.5. The van der Waals surface area contributed by atoms with Crippen LogP contribution in [0.15, 0.2) is 35.0 Å². The quantitative estimate of drug-likeness (QED) is 0.862. The van der Waals surface area contributed by atoms with Crippen LogP contribution in [0.3, 0.4) is 0 Å². The number of hydrogen-bond donors (Lipinski definition) is 0. The van der Waals surface area contributed by atoms with Crippen LogP contribution in [0.4, 0.5) is 0 Å². The van der Waals surface area contributed by atoms with E-state index < -0.39 is 0 Å². The summed E-state index contributed by atoms with van der Waals surface area (Å²) in [6.45, 7) is 5.38. The van der Waals surface area contributed by atoms with Crippen LogP contribution >= 0.6 is 0 Å². The molecule has 6 heteroatoms. The summed E-state index contributed by atoms with van der Waals surface area (Å²) in [4.78, 5) is 10.6. The maximum absolute atomic E-state index is 6.05. The Morgan fingerprint density at radius 1 is 1.30 bits per heavy atom. The van der Waals surface area contributed by atoms with Gasteiger partial charge in [-0.25, -0.2) is 9.97 Å². The third-order valence-electron chi connectivity index (χ3n) is 4.46. The maximum Gasteiger partial charge on any atom is 0.316 e. The van der Waals surface area contributed by atoms with Crippen LogP contribution in [-0.2, 0) is 11.3 Å². The molecule has 2 aromatic heterocycles. The largest absolute Gasteiger partial charge is 0.465 e. The molecule has 0 aliphatic carbocycles. The zero-order valence-electron chi connectivity index (χ0n) is 13.3. The number of aryl methyl sites for hydroxylation is 1. The van der Waals surface area contributed by atoms with E-state index in [0.29, 0.717) is 6.01 Å². The first-order valence-corrected chi connectivity index (χ1v) is 8.06.